The highest BCUT2D eigenvalue weighted by Gasteiger charge is 2.43. The van der Waals surface area contributed by atoms with E-state index < -0.39 is 17.5 Å². The molecule has 5 nitrogen and oxygen atoms in total. The normalized spacial score (nSPS) is 13.4. The predicted octanol–water partition coefficient (Wildman–Crippen LogP) is 2.48. The Morgan fingerprint density at radius 3 is 2.43 bits per heavy atom. The van der Waals surface area contributed by atoms with Crippen LogP contribution in [0, 0.1) is 0 Å². The largest absolute Gasteiger partial charge is 0.479 e. The molecule has 3 N–H and O–H groups in total. The summed E-state index contributed by atoms with van der Waals surface area (Å²) in [6, 6.07) is 9.09. The number of aliphatic carboxylic acids is 1. The summed E-state index contributed by atoms with van der Waals surface area (Å²) in [6.45, 7) is 2.09. The van der Waals surface area contributed by atoms with Crippen LogP contribution in [0.2, 0.25) is 0 Å². The van der Waals surface area contributed by atoms with Gasteiger partial charge in [-0.1, -0.05) is 62.9 Å². The molecule has 1 rings (SSSR count). The molecule has 0 radical (unpaired) electrons. The van der Waals surface area contributed by atoms with Gasteiger partial charge in [-0.25, -0.2) is 9.59 Å². The molecule has 5 heteroatoms. The molecule has 21 heavy (non-hydrogen) atoms. The molecule has 0 saturated heterocycles. The van der Waals surface area contributed by atoms with Crippen LogP contribution in [0.15, 0.2) is 30.3 Å². The Morgan fingerprint density at radius 2 is 1.86 bits per heavy atom. The highest BCUT2D eigenvalue weighted by atomic mass is 16.5. The van der Waals surface area contributed by atoms with Crippen LogP contribution in [-0.4, -0.2) is 22.6 Å². The highest BCUT2D eigenvalue weighted by molar-refractivity contribution is 6.03. The second kappa shape index (κ2) is 8.42. The fourth-order valence-electron chi connectivity index (χ4n) is 1.98. The van der Waals surface area contributed by atoms with Crippen LogP contribution in [0.25, 0.3) is 0 Å². The lowest BCUT2D eigenvalue weighted by molar-refractivity contribution is -0.162. The number of carboxylic acid groups (broad SMARTS) is 1. The molecule has 0 heterocycles. The van der Waals surface area contributed by atoms with E-state index in [1.54, 1.807) is 12.1 Å². The second-order valence-corrected chi connectivity index (χ2v) is 5.15. The Kier molecular flexibility index (Phi) is 6.88. The molecule has 0 fully saturated rings. The van der Waals surface area contributed by atoms with Gasteiger partial charge in [-0.15, -0.1) is 0 Å². The number of hydrogen-bond donors (Lipinski definition) is 2. The number of rotatable bonds is 9. The molecule has 0 bridgehead atoms. The maximum Gasteiger partial charge on any atom is 0.338 e. The summed E-state index contributed by atoms with van der Waals surface area (Å²) < 4.78 is 5.07. The van der Waals surface area contributed by atoms with Gasteiger partial charge in [0.1, 0.15) is 6.61 Å². The van der Waals surface area contributed by atoms with E-state index in [0.29, 0.717) is 6.42 Å². The fourth-order valence-corrected chi connectivity index (χ4v) is 1.98. The van der Waals surface area contributed by atoms with E-state index in [9.17, 15) is 14.7 Å². The van der Waals surface area contributed by atoms with Gasteiger partial charge >= 0.3 is 11.9 Å². The van der Waals surface area contributed by atoms with Gasteiger partial charge in [0, 0.05) is 0 Å². The SMILES string of the molecule is CCCCCCC(N)(C(=O)O)C(=O)OCc1ccccc1. The molecule has 0 aliphatic carbocycles. The smallest absolute Gasteiger partial charge is 0.338 e. The van der Waals surface area contributed by atoms with Crippen LogP contribution in [0.1, 0.15) is 44.6 Å². The highest BCUT2D eigenvalue weighted by Crippen LogP contribution is 2.17. The molecule has 0 aromatic heterocycles. The third-order valence-corrected chi connectivity index (χ3v) is 3.38. The molecule has 0 spiro atoms. The second-order valence-electron chi connectivity index (χ2n) is 5.15. The summed E-state index contributed by atoms with van der Waals surface area (Å²) in [5, 5.41) is 9.23. The molecule has 1 unspecified atom stereocenters. The first-order valence-corrected chi connectivity index (χ1v) is 7.24. The minimum Gasteiger partial charge on any atom is -0.479 e. The average molecular weight is 293 g/mol. The number of carbonyl (C=O) groups is 2. The summed E-state index contributed by atoms with van der Waals surface area (Å²) in [4.78, 5) is 23.3. The van der Waals surface area contributed by atoms with E-state index in [-0.39, 0.29) is 13.0 Å². The standard InChI is InChI=1S/C16H23NO4/c1-2-3-4-8-11-16(17,14(18)19)15(20)21-12-13-9-6-5-7-10-13/h5-7,9-10H,2-4,8,11-12,17H2,1H3,(H,18,19). The fraction of sp³-hybridized carbons (Fsp3) is 0.500. The Morgan fingerprint density at radius 1 is 1.19 bits per heavy atom. The van der Waals surface area contributed by atoms with Gasteiger partial charge in [-0.3, -0.25) is 0 Å². The number of carboxylic acids is 1. The molecular weight excluding hydrogens is 270 g/mol. The van der Waals surface area contributed by atoms with Gasteiger partial charge in [-0.05, 0) is 12.0 Å². The first-order chi connectivity index (χ1) is 10.0. The lowest BCUT2D eigenvalue weighted by atomic mass is 9.93. The first-order valence-electron chi connectivity index (χ1n) is 7.24. The van der Waals surface area contributed by atoms with Crippen molar-refractivity contribution in [3.63, 3.8) is 0 Å². The summed E-state index contributed by atoms with van der Waals surface area (Å²) in [6.07, 6.45) is 3.57. The number of unbranched alkanes of at least 4 members (excludes halogenated alkanes) is 3. The Bertz CT molecular complexity index is 461. The Balaban J connectivity index is 2.57. The van der Waals surface area contributed by atoms with Crippen molar-refractivity contribution in [1.29, 1.82) is 0 Å². The van der Waals surface area contributed by atoms with Crippen molar-refractivity contribution < 1.29 is 19.4 Å². The number of ether oxygens (including phenoxy) is 1. The summed E-state index contributed by atoms with van der Waals surface area (Å²) in [5.41, 5.74) is 4.60. The van der Waals surface area contributed by atoms with Gasteiger partial charge in [0.2, 0.25) is 5.54 Å². The lowest BCUT2D eigenvalue weighted by Gasteiger charge is -2.22. The van der Waals surface area contributed by atoms with Crippen molar-refractivity contribution in [2.75, 3.05) is 0 Å². The number of carbonyl (C=O) groups excluding carboxylic acids is 1. The zero-order chi connectivity index (χ0) is 15.7. The molecular formula is C16H23NO4. The number of esters is 1. The zero-order valence-corrected chi connectivity index (χ0v) is 12.4. The quantitative estimate of drug-likeness (QED) is 0.415. The third kappa shape index (κ3) is 5.19. The van der Waals surface area contributed by atoms with Crippen LogP contribution in [-0.2, 0) is 20.9 Å². The third-order valence-electron chi connectivity index (χ3n) is 3.38. The molecule has 1 aromatic rings. The van der Waals surface area contributed by atoms with Crippen LogP contribution in [0.3, 0.4) is 0 Å². The first kappa shape index (κ1) is 17.2. The molecule has 0 amide bonds. The zero-order valence-electron chi connectivity index (χ0n) is 12.4. The minimum absolute atomic E-state index is 0.0286. The topological polar surface area (TPSA) is 89.6 Å². The molecule has 1 atom stereocenters. The van der Waals surface area contributed by atoms with Crippen LogP contribution < -0.4 is 5.73 Å². The van der Waals surface area contributed by atoms with Crippen LogP contribution >= 0.6 is 0 Å². The predicted molar refractivity (Wildman–Crippen MR) is 79.6 cm³/mol. The molecule has 0 aliphatic rings. The summed E-state index contributed by atoms with van der Waals surface area (Å²) in [5.74, 6) is -2.22. The molecule has 1 aromatic carbocycles. The Labute approximate surface area is 125 Å². The summed E-state index contributed by atoms with van der Waals surface area (Å²) >= 11 is 0. The van der Waals surface area contributed by atoms with Crippen molar-refractivity contribution in [3.8, 4) is 0 Å². The monoisotopic (exact) mass is 293 g/mol. The van der Waals surface area contributed by atoms with Gasteiger partial charge in [-0.2, -0.15) is 0 Å². The van der Waals surface area contributed by atoms with Gasteiger partial charge in [0.05, 0.1) is 0 Å². The number of hydrogen-bond acceptors (Lipinski definition) is 4. The molecule has 0 saturated carbocycles. The van der Waals surface area contributed by atoms with E-state index in [4.69, 9.17) is 10.5 Å². The van der Waals surface area contributed by atoms with Crippen molar-refractivity contribution in [2.24, 2.45) is 5.73 Å². The van der Waals surface area contributed by atoms with E-state index in [1.807, 2.05) is 18.2 Å². The summed E-state index contributed by atoms with van der Waals surface area (Å²) in [7, 11) is 0. The van der Waals surface area contributed by atoms with Crippen LogP contribution in [0.4, 0.5) is 0 Å². The van der Waals surface area contributed by atoms with E-state index >= 15 is 0 Å². The van der Waals surface area contributed by atoms with Gasteiger partial charge in [0.25, 0.3) is 0 Å². The Hall–Kier alpha value is -1.88. The van der Waals surface area contributed by atoms with Crippen molar-refractivity contribution >= 4 is 11.9 Å². The maximum atomic E-state index is 12.0. The maximum absolute atomic E-state index is 12.0. The van der Waals surface area contributed by atoms with Crippen molar-refractivity contribution in [3.05, 3.63) is 35.9 Å². The number of nitrogens with two attached hydrogens (primary N) is 1. The van der Waals surface area contributed by atoms with Crippen molar-refractivity contribution in [2.45, 2.75) is 51.2 Å². The van der Waals surface area contributed by atoms with E-state index in [0.717, 1.165) is 24.8 Å². The lowest BCUT2D eigenvalue weighted by Crippen LogP contribution is -2.55. The number of benzene rings is 1. The van der Waals surface area contributed by atoms with Crippen LogP contribution in [0.5, 0.6) is 0 Å². The van der Waals surface area contributed by atoms with Gasteiger partial charge in [0.15, 0.2) is 0 Å². The minimum atomic E-state index is -1.96. The van der Waals surface area contributed by atoms with Crippen molar-refractivity contribution in [1.82, 2.24) is 0 Å². The van der Waals surface area contributed by atoms with E-state index in [2.05, 4.69) is 6.92 Å². The average Bonchev–Trinajstić information content (AvgIpc) is 2.49. The molecule has 0 aliphatic heterocycles. The van der Waals surface area contributed by atoms with Gasteiger partial charge < -0.3 is 15.6 Å². The van der Waals surface area contributed by atoms with E-state index in [1.165, 1.54) is 0 Å². The molecule has 116 valence electrons.